The molecule has 0 saturated carbocycles. The summed E-state index contributed by atoms with van der Waals surface area (Å²) in [5, 5.41) is 10.2. The molecule has 1 rings (SSSR count). The van der Waals surface area contributed by atoms with Crippen molar-refractivity contribution in [3.63, 3.8) is 0 Å². The van der Waals surface area contributed by atoms with E-state index in [2.05, 4.69) is 39.5 Å². The van der Waals surface area contributed by atoms with Crippen LogP contribution in [-0.2, 0) is 0 Å². The normalized spacial score (nSPS) is 29.6. The summed E-state index contributed by atoms with van der Waals surface area (Å²) in [6, 6.07) is 0.818. The van der Waals surface area contributed by atoms with Gasteiger partial charge in [-0.1, -0.05) is 20.8 Å². The number of rotatable bonds is 3. The highest BCUT2D eigenvalue weighted by Crippen LogP contribution is 2.29. The molecule has 0 bridgehead atoms. The van der Waals surface area contributed by atoms with Gasteiger partial charge in [0.2, 0.25) is 0 Å². The van der Waals surface area contributed by atoms with Gasteiger partial charge in [-0.15, -0.1) is 0 Å². The molecule has 1 saturated heterocycles. The van der Waals surface area contributed by atoms with Crippen LogP contribution in [0.5, 0.6) is 0 Å². The first-order chi connectivity index (χ1) is 7.70. The Morgan fingerprint density at radius 3 is 2.35 bits per heavy atom. The van der Waals surface area contributed by atoms with Crippen LogP contribution in [-0.4, -0.2) is 41.3 Å². The summed E-state index contributed by atoms with van der Waals surface area (Å²) in [5.74, 6) is 0.537. The van der Waals surface area contributed by atoms with Crippen molar-refractivity contribution in [2.75, 3.05) is 13.1 Å². The zero-order valence-electron chi connectivity index (χ0n) is 12.1. The number of hydrogen-bond donors (Lipinski definition) is 2. The smallest absolute Gasteiger partial charge is 0.0591 e. The Morgan fingerprint density at radius 2 is 1.88 bits per heavy atom. The van der Waals surface area contributed by atoms with Crippen LogP contribution in [0.15, 0.2) is 0 Å². The third-order valence-corrected chi connectivity index (χ3v) is 3.88. The Balaban J connectivity index is 2.53. The van der Waals surface area contributed by atoms with E-state index in [-0.39, 0.29) is 17.6 Å². The third-order valence-electron chi connectivity index (χ3n) is 3.88. The number of nitrogens with zero attached hydrogens (tertiary/aromatic N) is 1. The molecule has 1 aliphatic rings. The monoisotopic (exact) mass is 242 g/mol. The molecule has 0 radical (unpaired) electrons. The van der Waals surface area contributed by atoms with Crippen LogP contribution in [0.25, 0.3) is 0 Å². The molecule has 3 atom stereocenters. The van der Waals surface area contributed by atoms with Crippen molar-refractivity contribution in [3.05, 3.63) is 0 Å². The fraction of sp³-hybridized carbons (Fsp3) is 1.00. The number of likely N-dealkylation sites (tertiary alicyclic amines) is 1. The number of aliphatic hydroxyl groups is 1. The second kappa shape index (κ2) is 5.68. The first-order valence-electron chi connectivity index (χ1n) is 6.88. The lowest BCUT2D eigenvalue weighted by atomic mass is 9.80. The van der Waals surface area contributed by atoms with Gasteiger partial charge < -0.3 is 10.8 Å². The van der Waals surface area contributed by atoms with Crippen LogP contribution in [0.3, 0.4) is 0 Å². The van der Waals surface area contributed by atoms with Crippen molar-refractivity contribution < 1.29 is 5.11 Å². The van der Waals surface area contributed by atoms with Crippen LogP contribution in [0, 0.1) is 11.3 Å². The maximum atomic E-state index is 10.2. The lowest BCUT2D eigenvalue weighted by Crippen LogP contribution is -2.50. The maximum absolute atomic E-state index is 10.2. The second-order valence-corrected chi connectivity index (χ2v) is 7.03. The summed E-state index contributed by atoms with van der Waals surface area (Å²) < 4.78 is 0. The third kappa shape index (κ3) is 4.57. The summed E-state index contributed by atoms with van der Waals surface area (Å²) in [4.78, 5) is 2.44. The predicted octanol–water partition coefficient (Wildman–Crippen LogP) is 1.84. The highest BCUT2D eigenvalue weighted by Gasteiger charge is 2.31. The average molecular weight is 242 g/mol. The fourth-order valence-corrected chi connectivity index (χ4v) is 2.55. The van der Waals surface area contributed by atoms with Crippen LogP contribution >= 0.6 is 0 Å². The van der Waals surface area contributed by atoms with Crippen molar-refractivity contribution in [3.8, 4) is 0 Å². The van der Waals surface area contributed by atoms with Crippen LogP contribution in [0.1, 0.15) is 47.5 Å². The standard InChI is InChI=1S/C14H30N2O/c1-10(2)16-8-11(6-12(15)9-16)7-13(17)14(3,4)5/h10-13,17H,6-9,15H2,1-5H3. The van der Waals surface area contributed by atoms with E-state index in [1.165, 1.54) is 0 Å². The lowest BCUT2D eigenvalue weighted by Gasteiger charge is -2.40. The van der Waals surface area contributed by atoms with Gasteiger partial charge in [0.1, 0.15) is 0 Å². The molecule has 3 N–H and O–H groups in total. The summed E-state index contributed by atoms with van der Waals surface area (Å²) >= 11 is 0. The minimum atomic E-state index is -0.230. The van der Waals surface area contributed by atoms with Gasteiger partial charge in [0, 0.05) is 25.2 Å². The van der Waals surface area contributed by atoms with Gasteiger partial charge in [0.25, 0.3) is 0 Å². The number of aliphatic hydroxyl groups excluding tert-OH is 1. The van der Waals surface area contributed by atoms with E-state index in [1.807, 2.05) is 0 Å². The van der Waals surface area contributed by atoms with Crippen molar-refractivity contribution >= 4 is 0 Å². The molecular formula is C14H30N2O. The fourth-order valence-electron chi connectivity index (χ4n) is 2.55. The van der Waals surface area contributed by atoms with E-state index in [0.29, 0.717) is 12.0 Å². The van der Waals surface area contributed by atoms with Crippen LogP contribution in [0.2, 0.25) is 0 Å². The molecule has 102 valence electrons. The Bertz CT molecular complexity index is 235. The first kappa shape index (κ1) is 14.9. The Labute approximate surface area is 106 Å². The van der Waals surface area contributed by atoms with E-state index in [1.54, 1.807) is 0 Å². The molecule has 0 spiro atoms. The predicted molar refractivity (Wildman–Crippen MR) is 72.9 cm³/mol. The topological polar surface area (TPSA) is 49.5 Å². The van der Waals surface area contributed by atoms with E-state index in [0.717, 1.165) is 25.9 Å². The molecule has 0 aromatic heterocycles. The number of piperidine rings is 1. The summed E-state index contributed by atoms with van der Waals surface area (Å²) in [6.45, 7) is 12.8. The van der Waals surface area contributed by atoms with Gasteiger partial charge in [-0.25, -0.2) is 0 Å². The molecule has 3 nitrogen and oxygen atoms in total. The minimum absolute atomic E-state index is 0.0236. The number of hydrogen-bond acceptors (Lipinski definition) is 3. The van der Waals surface area contributed by atoms with Gasteiger partial charge >= 0.3 is 0 Å². The maximum Gasteiger partial charge on any atom is 0.0591 e. The van der Waals surface area contributed by atoms with Gasteiger partial charge in [-0.05, 0) is 38.0 Å². The highest BCUT2D eigenvalue weighted by molar-refractivity contribution is 4.86. The molecular weight excluding hydrogens is 212 g/mol. The zero-order chi connectivity index (χ0) is 13.2. The van der Waals surface area contributed by atoms with Gasteiger partial charge in [0.05, 0.1) is 6.10 Å². The summed E-state index contributed by atoms with van der Waals surface area (Å²) in [5.41, 5.74) is 6.09. The zero-order valence-corrected chi connectivity index (χ0v) is 12.1. The van der Waals surface area contributed by atoms with Crippen molar-refractivity contribution in [1.29, 1.82) is 0 Å². The molecule has 3 heteroatoms. The first-order valence-corrected chi connectivity index (χ1v) is 6.88. The van der Waals surface area contributed by atoms with Crippen molar-refractivity contribution in [1.82, 2.24) is 4.90 Å². The molecule has 0 aromatic carbocycles. The average Bonchev–Trinajstić information content (AvgIpc) is 2.14. The molecule has 17 heavy (non-hydrogen) atoms. The van der Waals surface area contributed by atoms with E-state index in [9.17, 15) is 5.11 Å². The largest absolute Gasteiger partial charge is 0.393 e. The molecule has 1 aliphatic heterocycles. The number of nitrogens with two attached hydrogens (primary N) is 1. The SMILES string of the molecule is CC(C)N1CC(N)CC(CC(O)C(C)(C)C)C1. The van der Waals surface area contributed by atoms with Gasteiger partial charge in [0.15, 0.2) is 0 Å². The Hall–Kier alpha value is -0.120. The van der Waals surface area contributed by atoms with E-state index >= 15 is 0 Å². The van der Waals surface area contributed by atoms with E-state index in [4.69, 9.17) is 5.73 Å². The van der Waals surface area contributed by atoms with E-state index < -0.39 is 0 Å². The quantitative estimate of drug-likeness (QED) is 0.794. The summed E-state index contributed by atoms with van der Waals surface area (Å²) in [6.07, 6.45) is 1.70. The van der Waals surface area contributed by atoms with Crippen LogP contribution in [0.4, 0.5) is 0 Å². The molecule has 0 aromatic rings. The van der Waals surface area contributed by atoms with Gasteiger partial charge in [-0.2, -0.15) is 0 Å². The minimum Gasteiger partial charge on any atom is -0.393 e. The molecule has 0 amide bonds. The second-order valence-electron chi connectivity index (χ2n) is 7.03. The molecule has 3 unspecified atom stereocenters. The van der Waals surface area contributed by atoms with Crippen molar-refractivity contribution in [2.24, 2.45) is 17.1 Å². The van der Waals surface area contributed by atoms with Crippen molar-refractivity contribution in [2.45, 2.75) is 65.6 Å². The summed E-state index contributed by atoms with van der Waals surface area (Å²) in [7, 11) is 0. The Kier molecular flexibility index (Phi) is 4.99. The molecule has 1 fully saturated rings. The van der Waals surface area contributed by atoms with Crippen LogP contribution < -0.4 is 5.73 Å². The molecule has 1 heterocycles. The Morgan fingerprint density at radius 1 is 1.29 bits per heavy atom. The highest BCUT2D eigenvalue weighted by atomic mass is 16.3. The van der Waals surface area contributed by atoms with Gasteiger partial charge in [-0.3, -0.25) is 4.90 Å². The molecule has 0 aliphatic carbocycles. The lowest BCUT2D eigenvalue weighted by molar-refractivity contribution is 0.0201.